The third-order valence-corrected chi connectivity index (χ3v) is 12.0. The van der Waals surface area contributed by atoms with Crippen molar-refractivity contribution in [1.82, 2.24) is 24.1 Å². The first-order valence-electron chi connectivity index (χ1n) is 21.0. The van der Waals surface area contributed by atoms with Crippen LogP contribution in [0.15, 0.2) is 224 Å². The third kappa shape index (κ3) is 5.90. The van der Waals surface area contributed by atoms with Crippen molar-refractivity contribution in [2.75, 3.05) is 0 Å². The Bertz CT molecular complexity index is 3590. The molecule has 0 saturated heterocycles. The molecular formula is C57H37N5. The lowest BCUT2D eigenvalue weighted by Gasteiger charge is -2.14. The first kappa shape index (κ1) is 35.5. The van der Waals surface area contributed by atoms with Crippen LogP contribution in [0.2, 0.25) is 0 Å². The van der Waals surface area contributed by atoms with Gasteiger partial charge in [-0.15, -0.1) is 0 Å². The molecule has 12 rings (SSSR count). The van der Waals surface area contributed by atoms with Gasteiger partial charge in [0.25, 0.3) is 0 Å². The van der Waals surface area contributed by atoms with E-state index in [4.69, 9.17) is 15.0 Å². The van der Waals surface area contributed by atoms with E-state index in [1.54, 1.807) is 0 Å². The molecule has 0 atom stereocenters. The Labute approximate surface area is 358 Å². The Balaban J connectivity index is 1.15. The minimum atomic E-state index is 0.552. The maximum Gasteiger partial charge on any atom is 0.238 e. The number of rotatable bonds is 7. The van der Waals surface area contributed by atoms with E-state index in [1.165, 1.54) is 16.5 Å². The summed E-state index contributed by atoms with van der Waals surface area (Å²) in [5, 5.41) is 4.60. The van der Waals surface area contributed by atoms with Crippen LogP contribution in [0.1, 0.15) is 0 Å². The smallest absolute Gasteiger partial charge is 0.238 e. The second-order valence-electron chi connectivity index (χ2n) is 15.6. The summed E-state index contributed by atoms with van der Waals surface area (Å²) in [6, 6.07) is 79.2. The molecule has 0 saturated carbocycles. The fraction of sp³-hybridized carbons (Fsp3) is 0. The Morgan fingerprint density at radius 1 is 0.290 bits per heavy atom. The van der Waals surface area contributed by atoms with Gasteiger partial charge in [0.2, 0.25) is 5.95 Å². The van der Waals surface area contributed by atoms with Crippen LogP contribution in [-0.4, -0.2) is 24.1 Å². The molecule has 290 valence electrons. The number of para-hydroxylation sites is 3. The van der Waals surface area contributed by atoms with Crippen molar-refractivity contribution in [2.24, 2.45) is 0 Å². The zero-order valence-electron chi connectivity index (χ0n) is 33.6. The summed E-state index contributed by atoms with van der Waals surface area (Å²) in [6.07, 6.45) is 0. The van der Waals surface area contributed by atoms with E-state index in [-0.39, 0.29) is 0 Å². The summed E-state index contributed by atoms with van der Waals surface area (Å²) in [5.74, 6) is 1.76. The van der Waals surface area contributed by atoms with E-state index in [0.717, 1.165) is 77.3 Å². The highest BCUT2D eigenvalue weighted by Crippen LogP contribution is 2.46. The monoisotopic (exact) mass is 791 g/mol. The summed E-state index contributed by atoms with van der Waals surface area (Å²) in [4.78, 5) is 16.0. The maximum atomic E-state index is 5.43. The van der Waals surface area contributed by atoms with Gasteiger partial charge in [-0.05, 0) is 69.8 Å². The van der Waals surface area contributed by atoms with E-state index in [9.17, 15) is 0 Å². The van der Waals surface area contributed by atoms with Crippen molar-refractivity contribution >= 4 is 43.6 Å². The van der Waals surface area contributed by atoms with Crippen molar-refractivity contribution in [2.45, 2.75) is 0 Å². The van der Waals surface area contributed by atoms with E-state index >= 15 is 0 Å². The van der Waals surface area contributed by atoms with Crippen LogP contribution < -0.4 is 0 Å². The van der Waals surface area contributed by atoms with E-state index < -0.39 is 0 Å². The molecule has 0 aliphatic heterocycles. The number of hydrogen-bond donors (Lipinski definition) is 0. The molecule has 5 heteroatoms. The maximum absolute atomic E-state index is 5.43. The quantitative estimate of drug-likeness (QED) is 0.162. The standard InChI is InChI=1S/C57H37N5/c1-5-18-38(19-6-1)43-24-17-25-44(36-43)39-32-34-42(35-33-39)56-58-55(41-22-9-3-10-23-41)59-57(60-56)62-51-31-16-14-29-47(51)52-48(40-20-7-2-8-21-40)37-49-46-28-13-15-30-50(46)61(53(49)54(52)62)45-26-11-4-12-27-45/h1-37H. The van der Waals surface area contributed by atoms with Gasteiger partial charge in [0.1, 0.15) is 0 Å². The van der Waals surface area contributed by atoms with Gasteiger partial charge in [-0.1, -0.05) is 188 Å². The van der Waals surface area contributed by atoms with Gasteiger partial charge in [-0.3, -0.25) is 4.57 Å². The zero-order chi connectivity index (χ0) is 41.0. The minimum absolute atomic E-state index is 0.552. The van der Waals surface area contributed by atoms with E-state index in [1.807, 2.05) is 18.2 Å². The molecule has 0 amide bonds. The molecular weight excluding hydrogens is 755 g/mol. The predicted octanol–water partition coefficient (Wildman–Crippen LogP) is 14.4. The summed E-state index contributed by atoms with van der Waals surface area (Å²) >= 11 is 0. The van der Waals surface area contributed by atoms with Gasteiger partial charge < -0.3 is 4.57 Å². The first-order valence-corrected chi connectivity index (χ1v) is 21.0. The molecule has 9 aromatic carbocycles. The molecule has 5 nitrogen and oxygen atoms in total. The Morgan fingerprint density at radius 3 is 1.40 bits per heavy atom. The average molecular weight is 792 g/mol. The number of aromatic nitrogens is 5. The van der Waals surface area contributed by atoms with Crippen LogP contribution in [0, 0.1) is 0 Å². The topological polar surface area (TPSA) is 48.5 Å². The number of fused-ring (bicyclic) bond motifs is 7. The summed E-state index contributed by atoms with van der Waals surface area (Å²) in [6.45, 7) is 0. The van der Waals surface area contributed by atoms with E-state index in [0.29, 0.717) is 17.6 Å². The molecule has 3 heterocycles. The molecule has 0 fully saturated rings. The predicted molar refractivity (Wildman–Crippen MR) is 256 cm³/mol. The van der Waals surface area contributed by atoms with Crippen molar-refractivity contribution < 1.29 is 0 Å². The lowest BCUT2D eigenvalue weighted by atomic mass is 9.96. The highest BCUT2D eigenvalue weighted by Gasteiger charge is 2.26. The Morgan fingerprint density at radius 2 is 0.758 bits per heavy atom. The summed E-state index contributed by atoms with van der Waals surface area (Å²) in [7, 11) is 0. The number of nitrogens with zero attached hydrogens (tertiary/aromatic N) is 5. The second-order valence-corrected chi connectivity index (χ2v) is 15.6. The van der Waals surface area contributed by atoms with Gasteiger partial charge in [0.15, 0.2) is 11.6 Å². The molecule has 0 spiro atoms. The molecule has 0 aliphatic rings. The highest BCUT2D eigenvalue weighted by atomic mass is 15.2. The lowest BCUT2D eigenvalue weighted by Crippen LogP contribution is -2.07. The van der Waals surface area contributed by atoms with Crippen molar-refractivity contribution in [3.8, 4) is 67.8 Å². The van der Waals surface area contributed by atoms with E-state index in [2.05, 4.69) is 215 Å². The fourth-order valence-electron chi connectivity index (χ4n) is 9.13. The van der Waals surface area contributed by atoms with Gasteiger partial charge in [-0.2, -0.15) is 9.97 Å². The molecule has 62 heavy (non-hydrogen) atoms. The Hall–Kier alpha value is -8.41. The van der Waals surface area contributed by atoms with Crippen LogP contribution in [-0.2, 0) is 0 Å². The second kappa shape index (κ2) is 14.7. The van der Waals surface area contributed by atoms with Crippen molar-refractivity contribution in [3.63, 3.8) is 0 Å². The minimum Gasteiger partial charge on any atom is -0.307 e. The van der Waals surface area contributed by atoms with Crippen LogP contribution in [0.3, 0.4) is 0 Å². The van der Waals surface area contributed by atoms with Gasteiger partial charge in [0.05, 0.1) is 22.1 Å². The van der Waals surface area contributed by atoms with Crippen LogP contribution >= 0.6 is 0 Å². The third-order valence-electron chi connectivity index (χ3n) is 12.0. The normalized spacial score (nSPS) is 11.5. The molecule has 3 aromatic heterocycles. The van der Waals surface area contributed by atoms with Crippen molar-refractivity contribution in [1.29, 1.82) is 0 Å². The molecule has 0 bridgehead atoms. The van der Waals surface area contributed by atoms with Crippen molar-refractivity contribution in [3.05, 3.63) is 224 Å². The largest absolute Gasteiger partial charge is 0.307 e. The highest BCUT2D eigenvalue weighted by molar-refractivity contribution is 6.28. The molecule has 0 N–H and O–H groups in total. The molecule has 0 unspecified atom stereocenters. The van der Waals surface area contributed by atoms with Gasteiger partial charge >= 0.3 is 0 Å². The average Bonchev–Trinajstić information content (AvgIpc) is 3.88. The molecule has 12 aromatic rings. The zero-order valence-corrected chi connectivity index (χ0v) is 33.6. The van der Waals surface area contributed by atoms with Gasteiger partial charge in [-0.25, -0.2) is 4.98 Å². The molecule has 0 radical (unpaired) electrons. The summed E-state index contributed by atoms with van der Waals surface area (Å²) < 4.78 is 4.68. The fourth-order valence-corrected chi connectivity index (χ4v) is 9.13. The van der Waals surface area contributed by atoms with Crippen LogP contribution in [0.4, 0.5) is 0 Å². The Kier molecular flexibility index (Phi) is 8.42. The van der Waals surface area contributed by atoms with Crippen LogP contribution in [0.25, 0.3) is 111 Å². The lowest BCUT2D eigenvalue weighted by molar-refractivity contribution is 0.953. The molecule has 0 aliphatic carbocycles. The number of hydrogen-bond acceptors (Lipinski definition) is 3. The van der Waals surface area contributed by atoms with Gasteiger partial charge in [0, 0.05) is 38.4 Å². The van der Waals surface area contributed by atoms with Crippen LogP contribution in [0.5, 0.6) is 0 Å². The summed E-state index contributed by atoms with van der Waals surface area (Å²) in [5.41, 5.74) is 14.1. The first-order chi connectivity index (χ1) is 30.8. The number of benzene rings is 9. The SMILES string of the molecule is c1ccc(-c2cccc(-c3ccc(-c4nc(-c5ccccc5)nc(-n5c6ccccc6c6c(-c7ccccc7)cc7c8ccccc8n(-c8ccccc8)c7c65)n4)cc3)c2)cc1.